The van der Waals surface area contributed by atoms with Gasteiger partial charge in [0.05, 0.1) is 6.10 Å². The molecule has 6 atom stereocenters. The standard InChI is InChI=1S/C22H27F2N4O9P/c1-13(2)35-17(30)14(3)27-38(33,37-15-8-6-5-7-9-15)34-12-22(24)18(26-32)21(4,23)19(36-22)28-11-10-16(29)25-20(28)31/h5-11,13-14,18-19H,12H2,1-4H3,(H,27,33)(H,25,29,31)/t14?,18-,19+,21+,22+,38?/m0/s1. The second kappa shape index (κ2) is 11.2. The molecule has 2 heterocycles. The molecule has 1 aliphatic rings. The van der Waals surface area contributed by atoms with E-state index in [2.05, 4.69) is 10.3 Å². The number of esters is 1. The molecule has 1 fully saturated rings. The average Bonchev–Trinajstić information content (AvgIpc) is 3.02. The first-order valence-corrected chi connectivity index (χ1v) is 12.9. The van der Waals surface area contributed by atoms with Crippen LogP contribution in [0.25, 0.3) is 0 Å². The van der Waals surface area contributed by atoms with Crippen molar-refractivity contribution in [2.75, 3.05) is 6.61 Å². The number of carbonyl (C=O) groups excluding carboxylic acids is 1. The van der Waals surface area contributed by atoms with Crippen LogP contribution in [0, 0.1) is 4.91 Å². The van der Waals surface area contributed by atoms with Gasteiger partial charge < -0.3 is 14.0 Å². The van der Waals surface area contributed by atoms with E-state index in [-0.39, 0.29) is 5.75 Å². The Morgan fingerprint density at radius 3 is 2.47 bits per heavy atom. The number of aromatic amines is 1. The third-order valence-corrected chi connectivity index (χ3v) is 7.02. The lowest BCUT2D eigenvalue weighted by Crippen LogP contribution is -2.46. The molecule has 13 nitrogen and oxygen atoms in total. The predicted octanol–water partition coefficient (Wildman–Crippen LogP) is 2.73. The number of halogens is 2. The van der Waals surface area contributed by atoms with Crippen LogP contribution in [0.15, 0.2) is 57.4 Å². The summed E-state index contributed by atoms with van der Waals surface area (Å²) in [4.78, 5) is 49.2. The highest BCUT2D eigenvalue weighted by Gasteiger charge is 2.67. The third kappa shape index (κ3) is 6.41. The van der Waals surface area contributed by atoms with E-state index in [1.54, 1.807) is 32.0 Å². The molecule has 1 aromatic carbocycles. The van der Waals surface area contributed by atoms with E-state index in [0.29, 0.717) is 4.57 Å². The number of para-hydroxylation sites is 1. The van der Waals surface area contributed by atoms with E-state index in [0.717, 1.165) is 19.2 Å². The molecule has 0 amide bonds. The number of aromatic nitrogens is 2. The number of nitrogens with zero attached hydrogens (tertiary/aromatic N) is 2. The van der Waals surface area contributed by atoms with Gasteiger partial charge in [0.2, 0.25) is 0 Å². The molecule has 38 heavy (non-hydrogen) atoms. The summed E-state index contributed by atoms with van der Waals surface area (Å²) in [5, 5.41) is 4.82. The largest absolute Gasteiger partial charge is 0.462 e. The first kappa shape index (κ1) is 29.3. The van der Waals surface area contributed by atoms with Crippen LogP contribution in [0.3, 0.4) is 0 Å². The number of hydrogen-bond donors (Lipinski definition) is 2. The van der Waals surface area contributed by atoms with Crippen LogP contribution in [-0.2, 0) is 23.4 Å². The van der Waals surface area contributed by atoms with Crippen molar-refractivity contribution < 1.29 is 36.7 Å². The number of H-pyrrole nitrogens is 1. The van der Waals surface area contributed by atoms with Crippen molar-refractivity contribution in [1.82, 2.24) is 14.6 Å². The molecule has 2 aromatic rings. The predicted molar refractivity (Wildman–Crippen MR) is 129 cm³/mol. The topological polar surface area (TPSA) is 167 Å². The second-order valence-electron chi connectivity index (χ2n) is 8.94. The highest BCUT2D eigenvalue weighted by atomic mass is 31.2. The van der Waals surface area contributed by atoms with Gasteiger partial charge in [0.1, 0.15) is 18.4 Å². The molecule has 3 rings (SSSR count). The molecular formula is C22H27F2N4O9P. The fourth-order valence-corrected chi connectivity index (χ4v) is 5.17. The molecule has 2 unspecified atom stereocenters. The molecule has 0 bridgehead atoms. The van der Waals surface area contributed by atoms with Gasteiger partial charge in [0, 0.05) is 12.3 Å². The third-order valence-electron chi connectivity index (χ3n) is 5.40. The summed E-state index contributed by atoms with van der Waals surface area (Å²) < 4.78 is 66.5. The monoisotopic (exact) mass is 560 g/mol. The number of benzene rings is 1. The molecule has 0 radical (unpaired) electrons. The van der Waals surface area contributed by atoms with Gasteiger partial charge >= 0.3 is 19.4 Å². The Morgan fingerprint density at radius 1 is 1.24 bits per heavy atom. The van der Waals surface area contributed by atoms with Crippen LogP contribution in [0.1, 0.15) is 33.9 Å². The number of nitroso groups, excluding NO2 is 1. The number of carbonyl (C=O) groups is 1. The number of nitrogens with one attached hydrogen (secondary N) is 2. The van der Waals surface area contributed by atoms with Crippen molar-refractivity contribution in [2.45, 2.75) is 63.6 Å². The Balaban J connectivity index is 1.90. The van der Waals surface area contributed by atoms with Gasteiger partial charge in [-0.1, -0.05) is 23.4 Å². The molecule has 16 heteroatoms. The van der Waals surface area contributed by atoms with Gasteiger partial charge in [-0.25, -0.2) is 18.1 Å². The lowest BCUT2D eigenvalue weighted by molar-refractivity contribution is -0.182. The number of ether oxygens (including phenoxy) is 2. The van der Waals surface area contributed by atoms with Gasteiger partial charge in [0.15, 0.2) is 17.9 Å². The maximum Gasteiger partial charge on any atom is 0.459 e. The van der Waals surface area contributed by atoms with E-state index >= 15 is 8.78 Å². The van der Waals surface area contributed by atoms with E-state index in [1.807, 2.05) is 4.98 Å². The van der Waals surface area contributed by atoms with Crippen molar-refractivity contribution in [2.24, 2.45) is 5.18 Å². The summed E-state index contributed by atoms with van der Waals surface area (Å²) in [6.45, 7) is 3.87. The second-order valence-corrected chi connectivity index (χ2v) is 10.6. The lowest BCUT2D eigenvalue weighted by Gasteiger charge is -2.27. The minimum atomic E-state index is -4.63. The minimum absolute atomic E-state index is 0.00562. The fraction of sp³-hybridized carbons (Fsp3) is 0.500. The minimum Gasteiger partial charge on any atom is -0.462 e. The summed E-state index contributed by atoms with van der Waals surface area (Å²) in [6.07, 6.45) is -1.71. The quantitative estimate of drug-likeness (QED) is 0.237. The van der Waals surface area contributed by atoms with Crippen LogP contribution in [0.2, 0.25) is 0 Å². The Kier molecular flexibility index (Phi) is 8.66. The molecule has 1 aromatic heterocycles. The molecule has 2 N–H and O–H groups in total. The summed E-state index contributed by atoms with van der Waals surface area (Å²) in [7, 11) is -4.63. The highest BCUT2D eigenvalue weighted by molar-refractivity contribution is 7.52. The fourth-order valence-electron chi connectivity index (χ4n) is 3.66. The molecule has 1 saturated heterocycles. The van der Waals surface area contributed by atoms with E-state index in [1.165, 1.54) is 19.1 Å². The Morgan fingerprint density at radius 2 is 1.89 bits per heavy atom. The summed E-state index contributed by atoms with van der Waals surface area (Å²) >= 11 is 0. The molecular weight excluding hydrogens is 533 g/mol. The van der Waals surface area contributed by atoms with Crippen LogP contribution < -0.4 is 20.9 Å². The van der Waals surface area contributed by atoms with Crippen LogP contribution in [0.4, 0.5) is 8.78 Å². The Bertz CT molecular complexity index is 1320. The van der Waals surface area contributed by atoms with E-state index < -0.39 is 67.5 Å². The van der Waals surface area contributed by atoms with Crippen molar-refractivity contribution >= 4 is 13.7 Å². The smallest absolute Gasteiger partial charge is 0.459 e. The zero-order valence-electron chi connectivity index (χ0n) is 20.8. The van der Waals surface area contributed by atoms with Gasteiger partial charge in [-0.3, -0.25) is 23.7 Å². The Labute approximate surface area is 215 Å². The maximum absolute atomic E-state index is 16.0. The van der Waals surface area contributed by atoms with Gasteiger partial charge in [-0.05, 0) is 39.8 Å². The van der Waals surface area contributed by atoms with Gasteiger partial charge in [-0.2, -0.15) is 9.99 Å². The number of rotatable bonds is 11. The van der Waals surface area contributed by atoms with Crippen LogP contribution in [-0.4, -0.2) is 51.8 Å². The van der Waals surface area contributed by atoms with Gasteiger partial charge in [-0.15, -0.1) is 0 Å². The van der Waals surface area contributed by atoms with E-state index in [4.69, 9.17) is 18.5 Å². The summed E-state index contributed by atoms with van der Waals surface area (Å²) in [6, 6.07) is 4.71. The SMILES string of the molecule is CC(C)OC(=O)C(C)NP(=O)(OC[C@@]1(F)O[C@@H](n2ccc(=O)[nH]c2=O)[C@](C)(F)[C@@H]1N=O)Oc1ccccc1. The summed E-state index contributed by atoms with van der Waals surface area (Å²) in [5.41, 5.74) is -4.87. The number of hydrogen-bond acceptors (Lipinski definition) is 10. The molecule has 208 valence electrons. The van der Waals surface area contributed by atoms with E-state index in [9.17, 15) is 23.9 Å². The van der Waals surface area contributed by atoms with Crippen molar-refractivity contribution in [3.05, 3.63) is 68.3 Å². The summed E-state index contributed by atoms with van der Waals surface area (Å²) in [5.74, 6) is -4.18. The van der Waals surface area contributed by atoms with Crippen molar-refractivity contribution in [3.8, 4) is 5.75 Å². The lowest BCUT2D eigenvalue weighted by atomic mass is 9.95. The van der Waals surface area contributed by atoms with Crippen LogP contribution in [0.5, 0.6) is 5.75 Å². The number of alkyl halides is 2. The van der Waals surface area contributed by atoms with Crippen LogP contribution >= 0.6 is 7.75 Å². The first-order chi connectivity index (χ1) is 17.7. The van der Waals surface area contributed by atoms with Gasteiger partial charge in [0.25, 0.3) is 11.4 Å². The molecule has 0 spiro atoms. The zero-order valence-corrected chi connectivity index (χ0v) is 21.7. The average molecular weight is 560 g/mol. The zero-order chi connectivity index (χ0) is 28.3. The van der Waals surface area contributed by atoms with Crippen molar-refractivity contribution in [3.63, 3.8) is 0 Å². The molecule has 1 aliphatic heterocycles. The molecule has 0 saturated carbocycles. The molecule has 0 aliphatic carbocycles. The highest BCUT2D eigenvalue weighted by Crippen LogP contribution is 2.52. The normalized spacial score (nSPS) is 27.4. The Hall–Kier alpha value is -3.26. The maximum atomic E-state index is 16.0. The first-order valence-electron chi connectivity index (χ1n) is 11.4. The van der Waals surface area contributed by atoms with Crippen molar-refractivity contribution in [1.29, 1.82) is 0 Å².